The Morgan fingerprint density at radius 1 is 1.08 bits per heavy atom. The Morgan fingerprint density at radius 3 is 2.46 bits per heavy atom. The van der Waals surface area contributed by atoms with Gasteiger partial charge in [0, 0.05) is 22.2 Å². The van der Waals surface area contributed by atoms with Crippen LogP contribution in [0, 0.1) is 11.8 Å². The molecule has 1 aromatic heterocycles. The van der Waals surface area contributed by atoms with Gasteiger partial charge in [-0.25, -0.2) is 5.10 Å². The summed E-state index contributed by atoms with van der Waals surface area (Å²) in [5.41, 5.74) is 3.28. The van der Waals surface area contributed by atoms with Gasteiger partial charge in [0.05, 0.1) is 0 Å². The van der Waals surface area contributed by atoms with E-state index < -0.39 is 6.04 Å². The molecule has 1 N–H and O–H groups in total. The van der Waals surface area contributed by atoms with Crippen molar-refractivity contribution in [1.29, 1.82) is 0 Å². The van der Waals surface area contributed by atoms with Gasteiger partial charge >= 0.3 is 0 Å². The Morgan fingerprint density at radius 2 is 1.81 bits per heavy atom. The van der Waals surface area contributed by atoms with Crippen molar-refractivity contribution in [3.63, 3.8) is 0 Å². The van der Waals surface area contributed by atoms with Crippen LogP contribution in [0.25, 0.3) is 0 Å². The molecule has 0 amide bonds. The number of H-pyrrole nitrogens is 1. The van der Waals surface area contributed by atoms with Gasteiger partial charge in [-0.1, -0.05) is 57.5 Å². The van der Waals surface area contributed by atoms with Crippen molar-refractivity contribution in [2.24, 2.45) is 5.18 Å². The Labute approximate surface area is 159 Å². The van der Waals surface area contributed by atoms with Crippen molar-refractivity contribution in [1.82, 2.24) is 10.2 Å². The van der Waals surface area contributed by atoms with Gasteiger partial charge in [-0.3, -0.25) is 4.79 Å². The standard InChI is InChI=1S/C20H18BrN3O2/c1-13-4-2-3-5-16(13)18(14-6-8-15(21)9-7-14)12-19(24-26)17-10-11-22-23-20(17)25/h2-11,18-19H,12H2,1H3,(H,23,25)/t18-,19?/m0/s1. The maximum atomic E-state index is 12.1. The van der Waals surface area contributed by atoms with Gasteiger partial charge < -0.3 is 0 Å². The third-order valence-electron chi connectivity index (χ3n) is 4.54. The minimum atomic E-state index is -0.755. The number of aromatic nitrogens is 2. The van der Waals surface area contributed by atoms with Crippen LogP contribution in [0.2, 0.25) is 0 Å². The van der Waals surface area contributed by atoms with Gasteiger partial charge in [0.2, 0.25) is 0 Å². The summed E-state index contributed by atoms with van der Waals surface area (Å²) in [6.45, 7) is 2.05. The Balaban J connectivity index is 2.04. The molecule has 1 heterocycles. The lowest BCUT2D eigenvalue weighted by Gasteiger charge is -2.22. The van der Waals surface area contributed by atoms with Gasteiger partial charge in [0.25, 0.3) is 5.56 Å². The number of rotatable bonds is 6. The quantitative estimate of drug-likeness (QED) is 0.587. The van der Waals surface area contributed by atoms with E-state index in [4.69, 9.17) is 0 Å². The predicted octanol–water partition coefficient (Wildman–Crippen LogP) is 4.87. The molecule has 0 aliphatic rings. The van der Waals surface area contributed by atoms with E-state index in [1.54, 1.807) is 6.07 Å². The van der Waals surface area contributed by atoms with Gasteiger partial charge in [0.15, 0.2) is 0 Å². The zero-order valence-corrected chi connectivity index (χ0v) is 15.8. The molecule has 132 valence electrons. The molecule has 2 aromatic carbocycles. The summed E-state index contributed by atoms with van der Waals surface area (Å²) in [6, 6.07) is 16.9. The van der Waals surface area contributed by atoms with Gasteiger partial charge in [-0.15, -0.1) is 0 Å². The first-order valence-electron chi connectivity index (χ1n) is 8.27. The molecule has 2 atom stereocenters. The van der Waals surface area contributed by atoms with Crippen LogP contribution in [-0.2, 0) is 0 Å². The fourth-order valence-electron chi connectivity index (χ4n) is 3.18. The molecule has 0 bridgehead atoms. The molecule has 5 nitrogen and oxygen atoms in total. The lowest BCUT2D eigenvalue weighted by molar-refractivity contribution is 0.585. The molecule has 3 aromatic rings. The van der Waals surface area contributed by atoms with Crippen LogP contribution in [-0.4, -0.2) is 10.2 Å². The molecule has 3 rings (SSSR count). The van der Waals surface area contributed by atoms with Crippen molar-refractivity contribution >= 4 is 15.9 Å². The van der Waals surface area contributed by atoms with Crippen LogP contribution in [0.3, 0.4) is 0 Å². The second-order valence-electron chi connectivity index (χ2n) is 6.16. The fourth-order valence-corrected chi connectivity index (χ4v) is 3.45. The lowest BCUT2D eigenvalue weighted by Crippen LogP contribution is -2.18. The van der Waals surface area contributed by atoms with E-state index in [2.05, 4.69) is 37.4 Å². The lowest BCUT2D eigenvalue weighted by atomic mass is 9.83. The SMILES string of the molecule is Cc1ccccc1[C@@H](CC(N=O)c1ccn[nH]c1=O)c1ccc(Br)cc1. The molecule has 1 unspecified atom stereocenters. The first-order chi connectivity index (χ1) is 12.6. The van der Waals surface area contributed by atoms with Crippen LogP contribution >= 0.6 is 15.9 Å². The Hall–Kier alpha value is -2.60. The van der Waals surface area contributed by atoms with E-state index in [0.29, 0.717) is 12.0 Å². The summed E-state index contributed by atoms with van der Waals surface area (Å²) in [5, 5.41) is 9.32. The predicted molar refractivity (Wildman–Crippen MR) is 105 cm³/mol. The van der Waals surface area contributed by atoms with Gasteiger partial charge in [-0.05, 0) is 48.2 Å². The number of hydrogen-bond acceptors (Lipinski definition) is 4. The molecule has 0 saturated carbocycles. The maximum absolute atomic E-state index is 12.1. The number of aryl methyl sites for hydroxylation is 1. The van der Waals surface area contributed by atoms with Crippen LogP contribution < -0.4 is 5.56 Å². The molecule has 0 fully saturated rings. The topological polar surface area (TPSA) is 75.2 Å². The summed E-state index contributed by atoms with van der Waals surface area (Å²) in [5.74, 6) is -0.0560. The number of nitroso groups, excluding NO2 is 1. The second-order valence-corrected chi connectivity index (χ2v) is 7.07. The average molecular weight is 412 g/mol. The Kier molecular flexibility index (Phi) is 5.73. The molecular formula is C20H18BrN3O2. The monoisotopic (exact) mass is 411 g/mol. The minimum Gasteiger partial charge on any atom is -0.268 e. The summed E-state index contributed by atoms with van der Waals surface area (Å²) < 4.78 is 0.987. The van der Waals surface area contributed by atoms with Crippen molar-refractivity contribution in [2.75, 3.05) is 0 Å². The average Bonchev–Trinajstić information content (AvgIpc) is 2.65. The summed E-state index contributed by atoms with van der Waals surface area (Å²) in [4.78, 5) is 23.6. The van der Waals surface area contributed by atoms with Crippen molar-refractivity contribution in [2.45, 2.75) is 25.3 Å². The zero-order chi connectivity index (χ0) is 18.5. The van der Waals surface area contributed by atoms with Gasteiger partial charge in [-0.2, -0.15) is 10.0 Å². The molecule has 0 aliphatic carbocycles. The first-order valence-corrected chi connectivity index (χ1v) is 9.06. The third kappa shape index (κ3) is 3.96. The first kappa shape index (κ1) is 18.2. The van der Waals surface area contributed by atoms with Crippen molar-refractivity contribution in [3.05, 3.63) is 103 Å². The maximum Gasteiger partial charge on any atom is 0.269 e. The normalized spacial score (nSPS) is 13.2. The smallest absolute Gasteiger partial charge is 0.268 e. The van der Waals surface area contributed by atoms with Crippen LogP contribution in [0.1, 0.15) is 40.6 Å². The minimum absolute atomic E-state index is 0.0560. The number of hydrogen-bond donors (Lipinski definition) is 1. The van der Waals surface area contributed by atoms with Crippen molar-refractivity contribution < 1.29 is 0 Å². The van der Waals surface area contributed by atoms with Crippen LogP contribution in [0.15, 0.2) is 75.2 Å². The highest BCUT2D eigenvalue weighted by molar-refractivity contribution is 9.10. The van der Waals surface area contributed by atoms with E-state index in [0.717, 1.165) is 21.2 Å². The Bertz CT molecular complexity index is 954. The molecule has 6 heteroatoms. The fraction of sp³-hybridized carbons (Fsp3) is 0.200. The molecule has 26 heavy (non-hydrogen) atoms. The molecular weight excluding hydrogens is 394 g/mol. The summed E-state index contributed by atoms with van der Waals surface area (Å²) in [7, 11) is 0. The van der Waals surface area contributed by atoms with Crippen LogP contribution in [0.5, 0.6) is 0 Å². The molecule has 0 aliphatic heterocycles. The van der Waals surface area contributed by atoms with E-state index in [1.807, 2.05) is 49.4 Å². The van der Waals surface area contributed by atoms with E-state index in [-0.39, 0.29) is 11.5 Å². The molecule has 0 spiro atoms. The third-order valence-corrected chi connectivity index (χ3v) is 5.07. The van der Waals surface area contributed by atoms with E-state index in [9.17, 15) is 9.70 Å². The van der Waals surface area contributed by atoms with Gasteiger partial charge in [0.1, 0.15) is 6.04 Å². The number of nitrogens with one attached hydrogen (secondary N) is 1. The van der Waals surface area contributed by atoms with Crippen molar-refractivity contribution in [3.8, 4) is 0 Å². The second kappa shape index (κ2) is 8.19. The molecule has 0 radical (unpaired) electrons. The molecule has 0 saturated heterocycles. The highest BCUT2D eigenvalue weighted by Crippen LogP contribution is 2.36. The number of halogens is 1. The van der Waals surface area contributed by atoms with E-state index >= 15 is 0 Å². The van der Waals surface area contributed by atoms with Crippen LogP contribution in [0.4, 0.5) is 0 Å². The summed E-state index contributed by atoms with van der Waals surface area (Å²) in [6.07, 6.45) is 1.88. The highest BCUT2D eigenvalue weighted by atomic mass is 79.9. The number of nitrogens with zero attached hydrogens (tertiary/aromatic N) is 2. The zero-order valence-electron chi connectivity index (χ0n) is 14.2. The highest BCUT2D eigenvalue weighted by Gasteiger charge is 2.25. The van der Waals surface area contributed by atoms with E-state index in [1.165, 1.54) is 6.20 Å². The number of benzene rings is 2. The largest absolute Gasteiger partial charge is 0.269 e. The number of aromatic amines is 1. The summed E-state index contributed by atoms with van der Waals surface area (Å²) >= 11 is 3.46.